The Morgan fingerprint density at radius 2 is 1.96 bits per heavy atom. The van der Waals surface area contributed by atoms with Gasteiger partial charge in [-0.05, 0) is 32.3 Å². The van der Waals surface area contributed by atoms with Crippen molar-refractivity contribution in [2.24, 2.45) is 7.05 Å². The normalized spacial score (nSPS) is 22.2. The first-order valence-corrected chi connectivity index (χ1v) is 9.50. The van der Waals surface area contributed by atoms with Crippen molar-refractivity contribution in [1.82, 2.24) is 24.5 Å². The van der Waals surface area contributed by atoms with Gasteiger partial charge in [-0.25, -0.2) is 0 Å². The first kappa shape index (κ1) is 18.6. The summed E-state index contributed by atoms with van der Waals surface area (Å²) >= 11 is 0. The van der Waals surface area contributed by atoms with Crippen molar-refractivity contribution < 1.29 is 9.59 Å². The number of nitrogens with zero attached hydrogens (tertiary/aromatic N) is 5. The fourth-order valence-electron chi connectivity index (χ4n) is 3.68. The second-order valence-electron chi connectivity index (χ2n) is 7.31. The predicted molar refractivity (Wildman–Crippen MR) is 100 cm³/mol. The molecule has 2 fully saturated rings. The van der Waals surface area contributed by atoms with Gasteiger partial charge in [-0.2, -0.15) is 5.10 Å². The monoisotopic (exact) mass is 359 g/mol. The summed E-state index contributed by atoms with van der Waals surface area (Å²) in [5.41, 5.74) is 0.917. The molecular weight excluding hydrogens is 330 g/mol. The van der Waals surface area contributed by atoms with Crippen LogP contribution >= 0.6 is 0 Å². The molecular formula is C19H29N5O2. The maximum atomic E-state index is 12.5. The van der Waals surface area contributed by atoms with Gasteiger partial charge < -0.3 is 9.80 Å². The van der Waals surface area contributed by atoms with Crippen LogP contribution in [0.3, 0.4) is 0 Å². The number of piperazine rings is 1. The molecule has 142 valence electrons. The summed E-state index contributed by atoms with van der Waals surface area (Å²) in [7, 11) is 1.85. The SMILES string of the molecule is C[C@H]1CCCCN1C(=O)CN1CCN(C(=O)/C=C\c2cnn(C)c2)CC1. The molecule has 2 saturated heterocycles. The lowest BCUT2D eigenvalue weighted by Gasteiger charge is -2.37. The zero-order chi connectivity index (χ0) is 18.5. The lowest BCUT2D eigenvalue weighted by molar-refractivity contribution is -0.136. The van der Waals surface area contributed by atoms with E-state index in [2.05, 4.69) is 16.9 Å². The Labute approximate surface area is 155 Å². The number of carbonyl (C=O) groups is 2. The molecule has 0 N–H and O–H groups in total. The second-order valence-corrected chi connectivity index (χ2v) is 7.31. The van der Waals surface area contributed by atoms with Crippen LogP contribution in [0.4, 0.5) is 0 Å². The molecule has 0 saturated carbocycles. The Hall–Kier alpha value is -2.15. The average Bonchev–Trinajstić information content (AvgIpc) is 3.06. The van der Waals surface area contributed by atoms with Gasteiger partial charge in [-0.1, -0.05) is 0 Å². The highest BCUT2D eigenvalue weighted by Crippen LogP contribution is 2.17. The number of rotatable bonds is 4. The van der Waals surface area contributed by atoms with Crippen LogP contribution in [-0.2, 0) is 16.6 Å². The molecule has 0 radical (unpaired) electrons. The number of aryl methyl sites for hydroxylation is 1. The fourth-order valence-corrected chi connectivity index (χ4v) is 3.68. The third kappa shape index (κ3) is 4.72. The van der Waals surface area contributed by atoms with E-state index in [1.165, 1.54) is 6.42 Å². The van der Waals surface area contributed by atoms with Crippen molar-refractivity contribution in [3.63, 3.8) is 0 Å². The molecule has 3 heterocycles. The summed E-state index contributed by atoms with van der Waals surface area (Å²) in [4.78, 5) is 30.9. The number of aromatic nitrogens is 2. The quantitative estimate of drug-likeness (QED) is 0.752. The molecule has 7 nitrogen and oxygen atoms in total. The summed E-state index contributed by atoms with van der Waals surface area (Å²) in [6, 6.07) is 0.358. The molecule has 0 spiro atoms. The van der Waals surface area contributed by atoms with E-state index in [4.69, 9.17) is 0 Å². The number of hydrogen-bond acceptors (Lipinski definition) is 4. The van der Waals surface area contributed by atoms with Crippen LogP contribution in [0.15, 0.2) is 18.5 Å². The average molecular weight is 359 g/mol. The van der Waals surface area contributed by atoms with Crippen molar-refractivity contribution in [3.05, 3.63) is 24.0 Å². The Bertz CT molecular complexity index is 661. The smallest absolute Gasteiger partial charge is 0.246 e. The van der Waals surface area contributed by atoms with Gasteiger partial charge in [0, 0.05) is 63.6 Å². The van der Waals surface area contributed by atoms with E-state index in [9.17, 15) is 9.59 Å². The molecule has 1 aromatic rings. The van der Waals surface area contributed by atoms with E-state index in [1.807, 2.05) is 23.0 Å². The van der Waals surface area contributed by atoms with E-state index in [0.717, 1.165) is 38.0 Å². The Morgan fingerprint density at radius 1 is 1.19 bits per heavy atom. The molecule has 7 heteroatoms. The largest absolute Gasteiger partial charge is 0.339 e. The molecule has 1 aromatic heterocycles. The van der Waals surface area contributed by atoms with E-state index in [0.29, 0.717) is 25.7 Å². The Balaban J connectivity index is 1.44. The van der Waals surface area contributed by atoms with Crippen LogP contribution in [0, 0.1) is 0 Å². The molecule has 0 aromatic carbocycles. The maximum Gasteiger partial charge on any atom is 0.246 e. The number of piperidine rings is 1. The van der Waals surface area contributed by atoms with Crippen molar-refractivity contribution in [2.75, 3.05) is 39.3 Å². The van der Waals surface area contributed by atoms with Crippen LogP contribution in [0.25, 0.3) is 6.08 Å². The van der Waals surface area contributed by atoms with Gasteiger partial charge in [0.2, 0.25) is 11.8 Å². The highest BCUT2D eigenvalue weighted by Gasteiger charge is 2.26. The number of carbonyl (C=O) groups excluding carboxylic acids is 2. The molecule has 26 heavy (non-hydrogen) atoms. The minimum absolute atomic E-state index is 0.0180. The van der Waals surface area contributed by atoms with Crippen molar-refractivity contribution in [2.45, 2.75) is 32.2 Å². The minimum Gasteiger partial charge on any atom is -0.339 e. The van der Waals surface area contributed by atoms with Crippen LogP contribution < -0.4 is 0 Å². The van der Waals surface area contributed by atoms with Crippen LogP contribution in [0.1, 0.15) is 31.7 Å². The second kappa shape index (κ2) is 8.49. The zero-order valence-corrected chi connectivity index (χ0v) is 15.8. The molecule has 2 aliphatic heterocycles. The molecule has 2 amide bonds. The maximum absolute atomic E-state index is 12.5. The van der Waals surface area contributed by atoms with Crippen molar-refractivity contribution in [1.29, 1.82) is 0 Å². The minimum atomic E-state index is 0.0180. The fraction of sp³-hybridized carbons (Fsp3) is 0.632. The van der Waals surface area contributed by atoms with E-state index >= 15 is 0 Å². The predicted octanol–water partition coefficient (Wildman–Crippen LogP) is 0.979. The summed E-state index contributed by atoms with van der Waals surface area (Å²) in [6.45, 7) is 6.33. The molecule has 3 rings (SSSR count). The van der Waals surface area contributed by atoms with Gasteiger partial charge in [0.15, 0.2) is 0 Å². The number of likely N-dealkylation sites (tertiary alicyclic amines) is 1. The number of amides is 2. The Kier molecular flexibility index (Phi) is 6.08. The molecule has 1 atom stereocenters. The highest BCUT2D eigenvalue weighted by atomic mass is 16.2. The van der Waals surface area contributed by atoms with Gasteiger partial charge in [-0.3, -0.25) is 19.2 Å². The summed E-state index contributed by atoms with van der Waals surface area (Å²) < 4.78 is 1.71. The van der Waals surface area contributed by atoms with Crippen LogP contribution in [0.5, 0.6) is 0 Å². The van der Waals surface area contributed by atoms with Crippen LogP contribution in [-0.4, -0.2) is 81.6 Å². The zero-order valence-electron chi connectivity index (χ0n) is 15.8. The van der Waals surface area contributed by atoms with Gasteiger partial charge in [-0.15, -0.1) is 0 Å². The molecule has 0 aliphatic carbocycles. The highest BCUT2D eigenvalue weighted by molar-refractivity contribution is 5.91. The van der Waals surface area contributed by atoms with Gasteiger partial charge in [0.1, 0.15) is 0 Å². The van der Waals surface area contributed by atoms with Gasteiger partial charge in [0.05, 0.1) is 12.7 Å². The molecule has 2 aliphatic rings. The van der Waals surface area contributed by atoms with Crippen molar-refractivity contribution in [3.8, 4) is 0 Å². The number of hydrogen-bond donors (Lipinski definition) is 0. The van der Waals surface area contributed by atoms with Gasteiger partial charge in [0.25, 0.3) is 0 Å². The lowest BCUT2D eigenvalue weighted by atomic mass is 10.0. The Morgan fingerprint density at radius 3 is 2.62 bits per heavy atom. The standard InChI is InChI=1S/C19H29N5O2/c1-16-5-3-4-8-24(16)19(26)15-22-9-11-23(12-10-22)18(25)7-6-17-13-20-21(2)14-17/h6-7,13-14,16H,3-5,8-12,15H2,1-2H3/b7-6-/t16-/m0/s1. The van der Waals surface area contributed by atoms with E-state index in [1.54, 1.807) is 23.0 Å². The van der Waals surface area contributed by atoms with Crippen molar-refractivity contribution >= 4 is 17.9 Å². The first-order valence-electron chi connectivity index (χ1n) is 9.50. The summed E-state index contributed by atoms with van der Waals surface area (Å²) in [6.07, 6.45) is 10.4. The topological polar surface area (TPSA) is 61.7 Å². The first-order chi connectivity index (χ1) is 12.5. The third-order valence-electron chi connectivity index (χ3n) is 5.31. The molecule has 0 bridgehead atoms. The lowest BCUT2D eigenvalue weighted by Crippen LogP contribution is -2.52. The van der Waals surface area contributed by atoms with Crippen LogP contribution in [0.2, 0.25) is 0 Å². The third-order valence-corrected chi connectivity index (χ3v) is 5.31. The summed E-state index contributed by atoms with van der Waals surface area (Å²) in [5, 5.41) is 4.09. The summed E-state index contributed by atoms with van der Waals surface area (Å²) in [5.74, 6) is 0.248. The van der Waals surface area contributed by atoms with Gasteiger partial charge >= 0.3 is 0 Å². The molecule has 0 unspecified atom stereocenters. The van der Waals surface area contributed by atoms with E-state index in [-0.39, 0.29) is 11.8 Å². The van der Waals surface area contributed by atoms with E-state index < -0.39 is 0 Å².